The molecule has 1 aliphatic rings. The minimum atomic E-state index is -0.706. The van der Waals surface area contributed by atoms with Gasteiger partial charge in [-0.25, -0.2) is 0 Å². The Kier molecular flexibility index (Phi) is 4.02. The standard InChI is InChI=1S/C15H21NO2/c1-16-15(11-14(17)18)9-7-13(8-10-15)12-5-3-2-4-6-12/h2-6,13,16H,7-11H2,1H3,(H,17,18). The molecular formula is C15H21NO2. The highest BCUT2D eigenvalue weighted by Gasteiger charge is 2.36. The molecule has 0 spiro atoms. The van der Waals surface area contributed by atoms with Crippen molar-refractivity contribution in [1.82, 2.24) is 5.32 Å². The molecule has 1 aliphatic carbocycles. The van der Waals surface area contributed by atoms with Gasteiger partial charge in [-0.3, -0.25) is 4.79 Å². The molecular weight excluding hydrogens is 226 g/mol. The summed E-state index contributed by atoms with van der Waals surface area (Å²) in [5.74, 6) is -0.121. The summed E-state index contributed by atoms with van der Waals surface area (Å²) < 4.78 is 0. The zero-order chi connectivity index (χ0) is 13.0. The van der Waals surface area contributed by atoms with Crippen molar-refractivity contribution in [2.75, 3.05) is 7.05 Å². The van der Waals surface area contributed by atoms with Crippen molar-refractivity contribution in [2.45, 2.75) is 43.6 Å². The third-order valence-corrected chi connectivity index (χ3v) is 4.23. The van der Waals surface area contributed by atoms with Crippen molar-refractivity contribution in [3.8, 4) is 0 Å². The van der Waals surface area contributed by atoms with Crippen LogP contribution in [0.5, 0.6) is 0 Å². The predicted molar refractivity (Wildman–Crippen MR) is 71.7 cm³/mol. The quantitative estimate of drug-likeness (QED) is 0.860. The van der Waals surface area contributed by atoms with Gasteiger partial charge in [-0.1, -0.05) is 30.3 Å². The molecule has 1 aromatic carbocycles. The molecule has 0 unspecified atom stereocenters. The first-order valence-electron chi connectivity index (χ1n) is 6.61. The number of nitrogens with one attached hydrogen (secondary N) is 1. The summed E-state index contributed by atoms with van der Waals surface area (Å²) in [5.41, 5.74) is 1.19. The van der Waals surface area contributed by atoms with E-state index in [1.807, 2.05) is 13.1 Å². The van der Waals surface area contributed by atoms with Crippen LogP contribution in [0.4, 0.5) is 0 Å². The summed E-state index contributed by atoms with van der Waals surface area (Å²) in [4.78, 5) is 10.9. The zero-order valence-corrected chi connectivity index (χ0v) is 10.9. The number of hydrogen-bond acceptors (Lipinski definition) is 2. The highest BCUT2D eigenvalue weighted by Crippen LogP contribution is 2.39. The summed E-state index contributed by atoms with van der Waals surface area (Å²) in [6.45, 7) is 0. The van der Waals surface area contributed by atoms with Crippen LogP contribution in [0, 0.1) is 0 Å². The molecule has 0 bridgehead atoms. The van der Waals surface area contributed by atoms with Crippen molar-refractivity contribution >= 4 is 5.97 Å². The van der Waals surface area contributed by atoms with Crippen LogP contribution in [0.3, 0.4) is 0 Å². The van der Waals surface area contributed by atoms with Crippen LogP contribution >= 0.6 is 0 Å². The largest absolute Gasteiger partial charge is 0.481 e. The number of carboxylic acids is 1. The molecule has 0 atom stereocenters. The maximum Gasteiger partial charge on any atom is 0.305 e. The highest BCUT2D eigenvalue weighted by atomic mass is 16.4. The van der Waals surface area contributed by atoms with Gasteiger partial charge in [0.1, 0.15) is 0 Å². The molecule has 0 heterocycles. The van der Waals surface area contributed by atoms with E-state index in [1.165, 1.54) is 5.56 Å². The smallest absolute Gasteiger partial charge is 0.305 e. The van der Waals surface area contributed by atoms with E-state index in [1.54, 1.807) is 0 Å². The summed E-state index contributed by atoms with van der Waals surface area (Å²) in [6, 6.07) is 10.5. The fourth-order valence-corrected chi connectivity index (χ4v) is 3.03. The van der Waals surface area contributed by atoms with Crippen molar-refractivity contribution in [3.63, 3.8) is 0 Å². The SMILES string of the molecule is CNC1(CC(=O)O)CCC(c2ccccc2)CC1. The second kappa shape index (κ2) is 5.53. The average Bonchev–Trinajstić information content (AvgIpc) is 2.40. The highest BCUT2D eigenvalue weighted by molar-refractivity contribution is 5.68. The van der Waals surface area contributed by atoms with E-state index < -0.39 is 5.97 Å². The molecule has 1 fully saturated rings. The molecule has 3 nitrogen and oxygen atoms in total. The van der Waals surface area contributed by atoms with Crippen LogP contribution in [0.25, 0.3) is 0 Å². The van der Waals surface area contributed by atoms with Crippen LogP contribution in [-0.4, -0.2) is 23.7 Å². The van der Waals surface area contributed by atoms with E-state index >= 15 is 0 Å². The third kappa shape index (κ3) is 2.91. The molecule has 18 heavy (non-hydrogen) atoms. The first kappa shape index (κ1) is 13.1. The second-order valence-electron chi connectivity index (χ2n) is 5.29. The van der Waals surface area contributed by atoms with Gasteiger partial charge in [0.05, 0.1) is 6.42 Å². The first-order chi connectivity index (χ1) is 8.65. The average molecular weight is 247 g/mol. The minimum absolute atomic E-state index is 0.197. The number of aliphatic carboxylic acids is 1. The lowest BCUT2D eigenvalue weighted by Crippen LogP contribution is -2.47. The minimum Gasteiger partial charge on any atom is -0.481 e. The summed E-state index contributed by atoms with van der Waals surface area (Å²) in [5, 5.41) is 12.2. The van der Waals surface area contributed by atoms with Crippen molar-refractivity contribution in [1.29, 1.82) is 0 Å². The van der Waals surface area contributed by atoms with E-state index in [0.717, 1.165) is 25.7 Å². The molecule has 0 amide bonds. The second-order valence-corrected chi connectivity index (χ2v) is 5.29. The van der Waals surface area contributed by atoms with Gasteiger partial charge in [-0.05, 0) is 44.2 Å². The van der Waals surface area contributed by atoms with Crippen molar-refractivity contribution in [3.05, 3.63) is 35.9 Å². The van der Waals surface area contributed by atoms with E-state index in [0.29, 0.717) is 5.92 Å². The summed E-state index contributed by atoms with van der Waals surface area (Å²) >= 11 is 0. The predicted octanol–water partition coefficient (Wildman–Crippen LogP) is 2.78. The third-order valence-electron chi connectivity index (χ3n) is 4.23. The molecule has 0 radical (unpaired) electrons. The zero-order valence-electron chi connectivity index (χ0n) is 10.9. The van der Waals surface area contributed by atoms with Gasteiger partial charge >= 0.3 is 5.97 Å². The van der Waals surface area contributed by atoms with Crippen molar-refractivity contribution in [2.24, 2.45) is 0 Å². The first-order valence-corrected chi connectivity index (χ1v) is 6.61. The van der Waals surface area contributed by atoms with Crippen LogP contribution in [-0.2, 0) is 4.79 Å². The topological polar surface area (TPSA) is 49.3 Å². The number of benzene rings is 1. The fraction of sp³-hybridized carbons (Fsp3) is 0.533. The van der Waals surface area contributed by atoms with E-state index in [-0.39, 0.29) is 12.0 Å². The number of carboxylic acid groups (broad SMARTS) is 1. The molecule has 1 saturated carbocycles. The molecule has 98 valence electrons. The van der Waals surface area contributed by atoms with Gasteiger partial charge < -0.3 is 10.4 Å². The van der Waals surface area contributed by atoms with Gasteiger partial charge in [0.15, 0.2) is 0 Å². The molecule has 0 aliphatic heterocycles. The summed E-state index contributed by atoms with van der Waals surface area (Å²) in [7, 11) is 1.88. The van der Waals surface area contributed by atoms with Crippen LogP contribution in [0.15, 0.2) is 30.3 Å². The summed E-state index contributed by atoms with van der Waals surface area (Å²) in [6.07, 6.45) is 4.24. The molecule has 2 rings (SSSR count). The Morgan fingerprint density at radius 1 is 1.33 bits per heavy atom. The Bertz CT molecular complexity index is 394. The maximum atomic E-state index is 10.9. The fourth-order valence-electron chi connectivity index (χ4n) is 3.03. The Labute approximate surface area is 108 Å². The normalized spacial score (nSPS) is 27.9. The molecule has 2 N–H and O–H groups in total. The Balaban J connectivity index is 2.00. The number of rotatable bonds is 4. The number of carbonyl (C=O) groups is 1. The van der Waals surface area contributed by atoms with Gasteiger partial charge in [-0.2, -0.15) is 0 Å². The van der Waals surface area contributed by atoms with Gasteiger partial charge in [0.2, 0.25) is 0 Å². The van der Waals surface area contributed by atoms with Gasteiger partial charge in [0.25, 0.3) is 0 Å². The van der Waals surface area contributed by atoms with Gasteiger partial charge in [-0.15, -0.1) is 0 Å². The Morgan fingerprint density at radius 3 is 2.44 bits per heavy atom. The van der Waals surface area contributed by atoms with Crippen molar-refractivity contribution < 1.29 is 9.90 Å². The van der Waals surface area contributed by atoms with Crippen LogP contribution < -0.4 is 5.32 Å². The van der Waals surface area contributed by atoms with Gasteiger partial charge in [0, 0.05) is 5.54 Å². The number of hydrogen-bond donors (Lipinski definition) is 2. The van der Waals surface area contributed by atoms with E-state index in [9.17, 15) is 4.79 Å². The lowest BCUT2D eigenvalue weighted by atomic mass is 9.73. The molecule has 0 saturated heterocycles. The maximum absolute atomic E-state index is 10.9. The van der Waals surface area contributed by atoms with Crippen LogP contribution in [0.2, 0.25) is 0 Å². The van der Waals surface area contributed by atoms with Crippen LogP contribution in [0.1, 0.15) is 43.6 Å². The molecule has 0 aromatic heterocycles. The van der Waals surface area contributed by atoms with E-state index in [2.05, 4.69) is 29.6 Å². The van der Waals surface area contributed by atoms with E-state index in [4.69, 9.17) is 5.11 Å². The Hall–Kier alpha value is -1.35. The Morgan fingerprint density at radius 2 is 1.94 bits per heavy atom. The monoisotopic (exact) mass is 247 g/mol. The molecule has 1 aromatic rings. The lowest BCUT2D eigenvalue weighted by molar-refractivity contribution is -0.139. The molecule has 3 heteroatoms. The lowest BCUT2D eigenvalue weighted by Gasteiger charge is -2.39.